The molecule has 2 rings (SSSR count). The minimum absolute atomic E-state index is 0.0333. The molecule has 0 unspecified atom stereocenters. The predicted molar refractivity (Wildman–Crippen MR) is 70.1 cm³/mol. The van der Waals surface area contributed by atoms with Crippen LogP contribution in [-0.2, 0) is 5.11 Å². The standard InChI is InChI=1S/C15H19FNO2/c16-14-4-2-12(3-5-14)15(19)13-6-9-17(10-7-13)8-1-11-18/h2-5,13H,1,6-11H2. The van der Waals surface area contributed by atoms with E-state index in [9.17, 15) is 14.3 Å². The highest BCUT2D eigenvalue weighted by Crippen LogP contribution is 2.22. The summed E-state index contributed by atoms with van der Waals surface area (Å²) in [7, 11) is 0. The average Bonchev–Trinajstić information content (AvgIpc) is 2.46. The molecule has 1 fully saturated rings. The van der Waals surface area contributed by atoms with Crippen LogP contribution in [0, 0.1) is 11.7 Å². The third-order valence-electron chi connectivity index (χ3n) is 3.71. The molecule has 1 saturated heterocycles. The Balaban J connectivity index is 1.87. The zero-order valence-corrected chi connectivity index (χ0v) is 11.0. The van der Waals surface area contributed by atoms with Crippen molar-refractivity contribution < 1.29 is 14.3 Å². The van der Waals surface area contributed by atoms with Gasteiger partial charge in [0.05, 0.1) is 6.61 Å². The Bertz CT molecular complexity index is 411. The molecular weight excluding hydrogens is 245 g/mol. The van der Waals surface area contributed by atoms with Crippen molar-refractivity contribution in [2.24, 2.45) is 5.92 Å². The van der Waals surface area contributed by atoms with Crippen LogP contribution in [0.15, 0.2) is 24.3 Å². The zero-order chi connectivity index (χ0) is 13.7. The fourth-order valence-electron chi connectivity index (χ4n) is 2.56. The summed E-state index contributed by atoms with van der Waals surface area (Å²) in [5, 5.41) is 10.4. The lowest BCUT2D eigenvalue weighted by atomic mass is 9.89. The van der Waals surface area contributed by atoms with E-state index in [4.69, 9.17) is 0 Å². The third-order valence-corrected chi connectivity index (χ3v) is 3.71. The van der Waals surface area contributed by atoms with E-state index in [0.29, 0.717) is 12.0 Å². The van der Waals surface area contributed by atoms with Gasteiger partial charge in [-0.25, -0.2) is 9.50 Å². The van der Waals surface area contributed by atoms with E-state index in [-0.39, 0.29) is 24.1 Å². The van der Waals surface area contributed by atoms with Gasteiger partial charge in [-0.2, -0.15) is 0 Å². The number of Topliss-reactive ketones (excluding diaryl/α,β-unsaturated/α-hetero) is 1. The number of hydrogen-bond donors (Lipinski definition) is 0. The van der Waals surface area contributed by atoms with Gasteiger partial charge in [-0.3, -0.25) is 4.79 Å². The Labute approximate surface area is 113 Å². The van der Waals surface area contributed by atoms with Crippen molar-refractivity contribution in [1.82, 2.24) is 4.90 Å². The molecule has 3 nitrogen and oxygen atoms in total. The molecule has 0 amide bonds. The first-order valence-corrected chi connectivity index (χ1v) is 6.81. The van der Waals surface area contributed by atoms with Gasteiger partial charge in [-0.05, 0) is 56.6 Å². The third kappa shape index (κ3) is 3.85. The molecule has 103 valence electrons. The van der Waals surface area contributed by atoms with E-state index < -0.39 is 0 Å². The van der Waals surface area contributed by atoms with Crippen LogP contribution in [-0.4, -0.2) is 36.9 Å². The van der Waals surface area contributed by atoms with E-state index in [1.807, 2.05) is 0 Å². The highest BCUT2D eigenvalue weighted by molar-refractivity contribution is 5.97. The van der Waals surface area contributed by atoms with Crippen molar-refractivity contribution in [3.05, 3.63) is 35.6 Å². The molecule has 1 aliphatic rings. The fourth-order valence-corrected chi connectivity index (χ4v) is 2.56. The molecule has 0 saturated carbocycles. The molecule has 0 atom stereocenters. The van der Waals surface area contributed by atoms with Gasteiger partial charge in [0, 0.05) is 18.0 Å². The Morgan fingerprint density at radius 1 is 1.21 bits per heavy atom. The number of ketones is 1. The summed E-state index contributed by atoms with van der Waals surface area (Å²) in [5.41, 5.74) is 0.597. The molecule has 0 bridgehead atoms. The number of halogens is 1. The molecule has 4 heteroatoms. The molecule has 19 heavy (non-hydrogen) atoms. The monoisotopic (exact) mass is 264 g/mol. The summed E-state index contributed by atoms with van der Waals surface area (Å²) < 4.78 is 12.8. The SMILES string of the molecule is [O]CCCN1CCC(C(=O)c2ccc(F)cc2)CC1. The number of carbonyl (C=O) groups is 1. The minimum atomic E-state index is -0.316. The molecule has 1 aliphatic heterocycles. The van der Waals surface area contributed by atoms with E-state index in [0.717, 1.165) is 32.5 Å². The number of likely N-dealkylation sites (tertiary alicyclic amines) is 1. The van der Waals surface area contributed by atoms with Crippen LogP contribution in [0.2, 0.25) is 0 Å². The lowest BCUT2D eigenvalue weighted by Crippen LogP contribution is -2.37. The largest absolute Gasteiger partial charge is 0.303 e. The molecule has 1 aromatic carbocycles. The first-order valence-electron chi connectivity index (χ1n) is 6.81. The topological polar surface area (TPSA) is 40.2 Å². The van der Waals surface area contributed by atoms with Gasteiger partial charge in [-0.15, -0.1) is 0 Å². The highest BCUT2D eigenvalue weighted by atomic mass is 19.1. The zero-order valence-electron chi connectivity index (χ0n) is 11.0. The Kier molecular flexibility index (Phi) is 5.05. The molecule has 0 spiro atoms. The minimum Gasteiger partial charge on any atom is -0.303 e. The highest BCUT2D eigenvalue weighted by Gasteiger charge is 2.25. The van der Waals surface area contributed by atoms with Gasteiger partial charge in [0.15, 0.2) is 5.78 Å². The molecule has 1 radical (unpaired) electrons. The van der Waals surface area contributed by atoms with Crippen molar-refractivity contribution in [2.75, 3.05) is 26.2 Å². The van der Waals surface area contributed by atoms with E-state index in [2.05, 4.69) is 4.90 Å². The number of rotatable bonds is 5. The Morgan fingerprint density at radius 2 is 1.84 bits per heavy atom. The number of piperidine rings is 1. The van der Waals surface area contributed by atoms with Gasteiger partial charge < -0.3 is 4.90 Å². The van der Waals surface area contributed by atoms with Crippen LogP contribution in [0.25, 0.3) is 0 Å². The van der Waals surface area contributed by atoms with Crippen molar-refractivity contribution in [2.45, 2.75) is 19.3 Å². The van der Waals surface area contributed by atoms with Gasteiger partial charge in [0.25, 0.3) is 0 Å². The smallest absolute Gasteiger partial charge is 0.166 e. The van der Waals surface area contributed by atoms with Crippen LogP contribution in [0.5, 0.6) is 0 Å². The number of benzene rings is 1. The van der Waals surface area contributed by atoms with Gasteiger partial charge in [-0.1, -0.05) is 0 Å². The number of carbonyl (C=O) groups excluding carboxylic acids is 1. The van der Waals surface area contributed by atoms with Crippen molar-refractivity contribution in [3.8, 4) is 0 Å². The van der Waals surface area contributed by atoms with E-state index >= 15 is 0 Å². The van der Waals surface area contributed by atoms with Crippen LogP contribution in [0.1, 0.15) is 29.6 Å². The predicted octanol–water partition coefficient (Wildman–Crippen LogP) is 2.54. The Hall–Kier alpha value is -1.26. The maximum absolute atomic E-state index is 12.8. The lowest BCUT2D eigenvalue weighted by Gasteiger charge is -2.31. The molecule has 0 aliphatic carbocycles. The second-order valence-corrected chi connectivity index (χ2v) is 5.04. The van der Waals surface area contributed by atoms with Crippen molar-refractivity contribution in [1.29, 1.82) is 0 Å². The molecule has 0 N–H and O–H groups in total. The average molecular weight is 264 g/mol. The lowest BCUT2D eigenvalue weighted by molar-refractivity contribution is 0.0826. The summed E-state index contributed by atoms with van der Waals surface area (Å²) in [5.74, 6) is -0.165. The molecular formula is C15H19FNO2. The van der Waals surface area contributed by atoms with Crippen LogP contribution in [0.4, 0.5) is 4.39 Å². The molecule has 1 heterocycles. The van der Waals surface area contributed by atoms with Crippen molar-refractivity contribution in [3.63, 3.8) is 0 Å². The molecule has 0 aromatic heterocycles. The van der Waals surface area contributed by atoms with E-state index in [1.54, 1.807) is 12.1 Å². The summed E-state index contributed by atoms with van der Waals surface area (Å²) >= 11 is 0. The summed E-state index contributed by atoms with van der Waals surface area (Å²) in [6, 6.07) is 5.77. The first kappa shape index (κ1) is 14.2. The normalized spacial score (nSPS) is 17.6. The number of hydrogen-bond acceptors (Lipinski definition) is 2. The number of nitrogens with zero attached hydrogens (tertiary/aromatic N) is 1. The second-order valence-electron chi connectivity index (χ2n) is 5.04. The summed E-state index contributed by atoms with van der Waals surface area (Å²) in [4.78, 5) is 14.5. The quantitative estimate of drug-likeness (QED) is 0.767. The van der Waals surface area contributed by atoms with Crippen LogP contribution in [0.3, 0.4) is 0 Å². The second kappa shape index (κ2) is 6.78. The maximum Gasteiger partial charge on any atom is 0.166 e. The fraction of sp³-hybridized carbons (Fsp3) is 0.533. The summed E-state index contributed by atoms with van der Waals surface area (Å²) in [6.07, 6.45) is 2.33. The summed E-state index contributed by atoms with van der Waals surface area (Å²) in [6.45, 7) is 2.55. The van der Waals surface area contributed by atoms with E-state index in [1.165, 1.54) is 12.1 Å². The van der Waals surface area contributed by atoms with Gasteiger partial charge in [0.1, 0.15) is 5.82 Å². The first-order chi connectivity index (χ1) is 9.20. The van der Waals surface area contributed by atoms with Gasteiger partial charge >= 0.3 is 0 Å². The van der Waals surface area contributed by atoms with Crippen LogP contribution < -0.4 is 0 Å². The van der Waals surface area contributed by atoms with Crippen molar-refractivity contribution >= 4 is 5.78 Å². The molecule has 1 aromatic rings. The van der Waals surface area contributed by atoms with Crippen LogP contribution >= 0.6 is 0 Å². The maximum atomic E-state index is 12.8. The van der Waals surface area contributed by atoms with Gasteiger partial charge in [0.2, 0.25) is 0 Å². The Morgan fingerprint density at radius 3 is 2.42 bits per heavy atom.